The lowest BCUT2D eigenvalue weighted by Crippen LogP contribution is -2.49. The summed E-state index contributed by atoms with van der Waals surface area (Å²) in [5.74, 6) is 0.674. The molecule has 0 aliphatic carbocycles. The minimum Gasteiger partial charge on any atom is -0.384 e. The van der Waals surface area contributed by atoms with Crippen LogP contribution < -0.4 is 15.8 Å². The van der Waals surface area contributed by atoms with Gasteiger partial charge >= 0.3 is 6.18 Å². The van der Waals surface area contributed by atoms with Crippen molar-refractivity contribution in [2.75, 3.05) is 29.9 Å². The van der Waals surface area contributed by atoms with Gasteiger partial charge in [-0.15, -0.1) is 6.58 Å². The Morgan fingerprint density at radius 3 is 2.50 bits per heavy atom. The lowest BCUT2D eigenvalue weighted by atomic mass is 10.1. The molecule has 10 nitrogen and oxygen atoms in total. The van der Waals surface area contributed by atoms with Gasteiger partial charge in [-0.2, -0.15) is 18.2 Å². The number of halogens is 3. The van der Waals surface area contributed by atoms with Crippen LogP contribution in [0.5, 0.6) is 0 Å². The van der Waals surface area contributed by atoms with E-state index < -0.39 is 18.3 Å². The molecule has 2 aliphatic rings. The van der Waals surface area contributed by atoms with E-state index in [0.717, 1.165) is 12.1 Å². The number of hydrogen-bond donors (Lipinski definition) is 2. The Kier molecular flexibility index (Phi) is 6.81. The molecule has 13 heteroatoms. The highest BCUT2D eigenvalue weighted by molar-refractivity contribution is 5.77. The molecule has 0 amide bonds. The molecule has 0 radical (unpaired) electrons. The quantitative estimate of drug-likeness (QED) is 0.302. The van der Waals surface area contributed by atoms with Gasteiger partial charge in [-0.3, -0.25) is 9.69 Å². The predicted octanol–water partition coefficient (Wildman–Crippen LogP) is 3.96. The molecule has 2 aliphatic heterocycles. The Morgan fingerprint density at radius 2 is 1.86 bits per heavy atom. The minimum absolute atomic E-state index is 0.0572. The smallest absolute Gasteiger partial charge is 0.384 e. The van der Waals surface area contributed by atoms with Crippen molar-refractivity contribution in [1.82, 2.24) is 29.2 Å². The second-order valence-electron chi connectivity index (χ2n) is 11.3. The Bertz CT molecular complexity index is 1690. The standard InChI is InChI=1S/C29H31F3N8O2/c1-4-12-39-26(41)22-14-33-27(36-25(22)40(39)24-7-5-6-23(35-24)28(2,3)42)34-18-8-10-19(11-9-18)38-16-20-13-21(38)15-37(20)17-29(30,31)32/h4-11,14,20-21,42H,1,12-13,15-17H2,2-3H3,(H,33,34,36)/t20-,21-/m0/s1. The van der Waals surface area contributed by atoms with Gasteiger partial charge in [-0.05, 0) is 56.7 Å². The van der Waals surface area contributed by atoms with Gasteiger partial charge in [-0.1, -0.05) is 12.1 Å². The molecule has 0 spiro atoms. The van der Waals surface area contributed by atoms with E-state index in [1.54, 1.807) is 42.8 Å². The summed E-state index contributed by atoms with van der Waals surface area (Å²) in [7, 11) is 0. The number of fused-ring (bicyclic) bond motifs is 3. The maximum Gasteiger partial charge on any atom is 0.401 e. The monoisotopic (exact) mass is 580 g/mol. The molecule has 2 bridgehead atoms. The van der Waals surface area contributed by atoms with Crippen LogP contribution in [0.3, 0.4) is 0 Å². The molecule has 2 N–H and O–H groups in total. The van der Waals surface area contributed by atoms with Crippen LogP contribution >= 0.6 is 0 Å². The first-order chi connectivity index (χ1) is 19.9. The molecule has 5 heterocycles. The van der Waals surface area contributed by atoms with E-state index in [0.29, 0.717) is 41.3 Å². The molecule has 3 aromatic heterocycles. The van der Waals surface area contributed by atoms with E-state index in [9.17, 15) is 23.1 Å². The zero-order chi connectivity index (χ0) is 29.8. The van der Waals surface area contributed by atoms with Crippen molar-refractivity contribution in [1.29, 1.82) is 0 Å². The minimum atomic E-state index is -4.19. The van der Waals surface area contributed by atoms with Crippen LogP contribution in [0.15, 0.2) is 66.1 Å². The first-order valence-corrected chi connectivity index (χ1v) is 13.7. The van der Waals surface area contributed by atoms with Crippen molar-refractivity contribution < 1.29 is 18.3 Å². The van der Waals surface area contributed by atoms with Crippen molar-refractivity contribution in [2.45, 2.75) is 50.7 Å². The van der Waals surface area contributed by atoms with Crippen molar-refractivity contribution in [3.8, 4) is 5.82 Å². The van der Waals surface area contributed by atoms with Gasteiger partial charge in [0.2, 0.25) is 5.95 Å². The number of allylic oxidation sites excluding steroid dienone is 1. The molecule has 2 saturated heterocycles. The van der Waals surface area contributed by atoms with Crippen LogP contribution in [0.25, 0.3) is 16.9 Å². The first kappa shape index (κ1) is 27.9. The molecule has 2 fully saturated rings. The van der Waals surface area contributed by atoms with E-state index in [2.05, 4.69) is 31.7 Å². The first-order valence-electron chi connectivity index (χ1n) is 13.7. The number of likely N-dealkylation sites (tertiary alicyclic amines) is 1. The number of rotatable bonds is 8. The number of nitrogens with zero attached hydrogens (tertiary/aromatic N) is 7. The molecular formula is C29H31F3N8O2. The number of piperazine rings is 1. The fraction of sp³-hybridized carbons (Fsp3) is 0.379. The fourth-order valence-corrected chi connectivity index (χ4v) is 5.85. The molecule has 42 heavy (non-hydrogen) atoms. The topological polar surface area (TPSA) is 104 Å². The lowest BCUT2D eigenvalue weighted by molar-refractivity contribution is -0.148. The number of nitrogens with one attached hydrogen (secondary N) is 1. The number of alkyl halides is 3. The number of benzene rings is 1. The summed E-state index contributed by atoms with van der Waals surface area (Å²) < 4.78 is 41.7. The van der Waals surface area contributed by atoms with E-state index in [1.165, 1.54) is 15.8 Å². The van der Waals surface area contributed by atoms with Gasteiger partial charge in [0.1, 0.15) is 11.0 Å². The molecule has 6 rings (SSSR count). The highest BCUT2D eigenvalue weighted by Gasteiger charge is 2.46. The molecule has 0 unspecified atom stereocenters. The molecule has 1 aromatic carbocycles. The number of aliphatic hydroxyl groups is 1. The number of aromatic nitrogens is 5. The molecule has 0 saturated carbocycles. The second kappa shape index (κ2) is 10.2. The van der Waals surface area contributed by atoms with Crippen LogP contribution in [-0.4, -0.2) is 72.2 Å². The molecule has 2 atom stereocenters. The average molecular weight is 581 g/mol. The van der Waals surface area contributed by atoms with Crippen molar-refractivity contribution in [2.24, 2.45) is 0 Å². The summed E-state index contributed by atoms with van der Waals surface area (Å²) in [5.41, 5.74) is 0.948. The lowest BCUT2D eigenvalue weighted by Gasteiger charge is -2.35. The maximum atomic E-state index is 13.2. The van der Waals surface area contributed by atoms with Gasteiger partial charge in [-0.25, -0.2) is 19.3 Å². The van der Waals surface area contributed by atoms with E-state index in [1.807, 2.05) is 24.3 Å². The summed E-state index contributed by atoms with van der Waals surface area (Å²) in [5, 5.41) is 14.0. The zero-order valence-electron chi connectivity index (χ0n) is 23.2. The second-order valence-corrected chi connectivity index (χ2v) is 11.3. The summed E-state index contributed by atoms with van der Waals surface area (Å²) >= 11 is 0. The maximum absolute atomic E-state index is 13.2. The molecule has 220 valence electrons. The summed E-state index contributed by atoms with van der Waals surface area (Å²) in [6.07, 6.45) is -0.395. The third-order valence-electron chi connectivity index (χ3n) is 7.75. The fourth-order valence-electron chi connectivity index (χ4n) is 5.85. The Morgan fingerprint density at radius 1 is 1.10 bits per heavy atom. The van der Waals surface area contributed by atoms with Crippen LogP contribution in [0, 0.1) is 0 Å². The van der Waals surface area contributed by atoms with Gasteiger partial charge in [0.05, 0.1) is 18.8 Å². The number of anilines is 3. The SMILES string of the molecule is C=CCn1c(=O)c2cnc(Nc3ccc(N4C[C@@H]5C[C@H]4CN5CC(F)(F)F)cc3)nc2n1-c1cccc(C(C)(C)O)n1. The number of pyridine rings is 1. The van der Waals surface area contributed by atoms with E-state index >= 15 is 0 Å². The van der Waals surface area contributed by atoms with Crippen LogP contribution in [0.1, 0.15) is 26.0 Å². The van der Waals surface area contributed by atoms with Crippen LogP contribution in [0.4, 0.5) is 30.5 Å². The van der Waals surface area contributed by atoms with Crippen molar-refractivity contribution in [3.63, 3.8) is 0 Å². The van der Waals surface area contributed by atoms with Gasteiger partial charge in [0.25, 0.3) is 5.56 Å². The Labute approximate surface area is 239 Å². The summed E-state index contributed by atoms with van der Waals surface area (Å²) in [4.78, 5) is 30.5. The van der Waals surface area contributed by atoms with E-state index in [4.69, 9.17) is 0 Å². The Balaban J connectivity index is 1.26. The average Bonchev–Trinajstić information content (AvgIpc) is 3.60. The normalized spacial score (nSPS) is 19.1. The third-order valence-corrected chi connectivity index (χ3v) is 7.75. The third kappa shape index (κ3) is 5.25. The van der Waals surface area contributed by atoms with E-state index in [-0.39, 0.29) is 30.1 Å². The van der Waals surface area contributed by atoms with Crippen LogP contribution in [-0.2, 0) is 12.1 Å². The van der Waals surface area contributed by atoms with Crippen molar-refractivity contribution >= 4 is 28.4 Å². The number of hydrogen-bond acceptors (Lipinski definition) is 8. The predicted molar refractivity (Wildman–Crippen MR) is 153 cm³/mol. The van der Waals surface area contributed by atoms with Crippen molar-refractivity contribution in [3.05, 3.63) is 77.4 Å². The summed E-state index contributed by atoms with van der Waals surface area (Å²) in [6, 6.07) is 12.8. The van der Waals surface area contributed by atoms with Gasteiger partial charge < -0.3 is 15.3 Å². The van der Waals surface area contributed by atoms with Crippen LogP contribution in [0.2, 0.25) is 0 Å². The molecular weight excluding hydrogens is 549 g/mol. The van der Waals surface area contributed by atoms with Gasteiger partial charge in [0, 0.05) is 42.7 Å². The Hall–Kier alpha value is -4.23. The highest BCUT2D eigenvalue weighted by Crippen LogP contribution is 2.36. The largest absolute Gasteiger partial charge is 0.401 e. The van der Waals surface area contributed by atoms with Gasteiger partial charge in [0.15, 0.2) is 11.5 Å². The highest BCUT2D eigenvalue weighted by atomic mass is 19.4. The summed E-state index contributed by atoms with van der Waals surface area (Å²) in [6.45, 7) is 7.35. The zero-order valence-corrected chi connectivity index (χ0v) is 23.2. The molecule has 4 aromatic rings.